The molecule has 0 aliphatic rings. The molecule has 0 fully saturated rings. The van der Waals surface area contributed by atoms with E-state index < -0.39 is 5.03 Å². The lowest BCUT2D eigenvalue weighted by Crippen LogP contribution is -2.34. The average molecular weight is 485 g/mol. The molecule has 0 spiro atoms. The van der Waals surface area contributed by atoms with Crippen LogP contribution in [0.4, 0.5) is 0 Å². The van der Waals surface area contributed by atoms with Gasteiger partial charge < -0.3 is 20.7 Å². The molecule has 0 saturated carbocycles. The Bertz CT molecular complexity index is 893. The highest BCUT2D eigenvalue weighted by molar-refractivity contribution is 7.15. The van der Waals surface area contributed by atoms with Crippen LogP contribution in [0.3, 0.4) is 0 Å². The van der Waals surface area contributed by atoms with Gasteiger partial charge in [0, 0.05) is 31.1 Å². The van der Waals surface area contributed by atoms with Gasteiger partial charge in [-0.3, -0.25) is 9.59 Å². The number of guanidine groups is 1. The van der Waals surface area contributed by atoms with Crippen LogP contribution >= 0.6 is 22.9 Å². The summed E-state index contributed by atoms with van der Waals surface area (Å²) in [7, 11) is 2.85. The van der Waals surface area contributed by atoms with Gasteiger partial charge in [0.15, 0.2) is 9.50 Å². The second-order valence-electron chi connectivity index (χ2n) is 6.03. The van der Waals surface area contributed by atoms with Gasteiger partial charge in [0.1, 0.15) is 5.10 Å². The van der Waals surface area contributed by atoms with Crippen LogP contribution in [-0.2, 0) is 27.3 Å². The molecule has 0 aliphatic carbocycles. The zero-order valence-corrected chi connectivity index (χ0v) is 19.2. The van der Waals surface area contributed by atoms with E-state index in [1.807, 2.05) is 30.3 Å². The molecular weight excluding hydrogens is 460 g/mol. The first-order valence-corrected chi connectivity index (χ1v) is 10.7. The Labute approximate surface area is 194 Å². The van der Waals surface area contributed by atoms with Crippen molar-refractivity contribution in [2.45, 2.75) is 25.8 Å². The largest absolute Gasteiger partial charge is 0.469 e. The number of nitrogens with zero attached hydrogens (tertiary/aromatic N) is 3. The quantitative estimate of drug-likeness (QED) is 0.161. The van der Waals surface area contributed by atoms with Gasteiger partial charge >= 0.3 is 5.97 Å². The number of esters is 1. The Morgan fingerprint density at radius 2 is 1.97 bits per heavy atom. The Balaban J connectivity index is 0.000000323. The number of rotatable bonds is 9. The highest BCUT2D eigenvalue weighted by atomic mass is 35.5. The number of thiazole rings is 1. The van der Waals surface area contributed by atoms with E-state index >= 15 is 0 Å². The number of methoxy groups -OCH3 is 1. The summed E-state index contributed by atoms with van der Waals surface area (Å²) < 4.78 is 4.89. The van der Waals surface area contributed by atoms with Crippen molar-refractivity contribution in [2.75, 3.05) is 20.7 Å². The number of nitro groups is 1. The molecule has 0 bridgehead atoms. The Kier molecular flexibility index (Phi) is 13.0. The van der Waals surface area contributed by atoms with E-state index in [4.69, 9.17) is 11.6 Å². The van der Waals surface area contributed by atoms with Gasteiger partial charge in [0.05, 0.1) is 20.1 Å². The number of hydrogen-bond donors (Lipinski definition) is 3. The standard InChI is InChI=1S/C13H17NO3.C6H8ClN5O2S/c1-17-13(16)8-7-12(15)14-10-9-11-5-3-2-4-6-11;1-8-6(11-12(13)14)10-3-4-2-9-5(7)15-4/h2-6H,7-10H2,1H3,(H,14,15);2H,3H2,1H3,(H2,8,10,11). The fourth-order valence-electron chi connectivity index (χ4n) is 2.19. The number of carbonyl (C=O) groups excluding carboxylic acids is 2. The van der Waals surface area contributed by atoms with Gasteiger partial charge in [-0.25, -0.2) is 15.1 Å². The van der Waals surface area contributed by atoms with Gasteiger partial charge in [-0.15, -0.1) is 11.3 Å². The SMILES string of the molecule is CN/C(=N\[N+](=O)[O-])NCc1cnc(Cl)s1.COC(=O)CCC(=O)NCCc1ccccc1. The van der Waals surface area contributed by atoms with Crippen LogP contribution in [0.1, 0.15) is 23.3 Å². The molecular formula is C19H25ClN6O5S. The summed E-state index contributed by atoms with van der Waals surface area (Å²) in [4.78, 5) is 36.9. The number of hydrazone groups is 1. The van der Waals surface area contributed by atoms with E-state index in [1.54, 1.807) is 6.20 Å². The highest BCUT2D eigenvalue weighted by Gasteiger charge is 2.06. The highest BCUT2D eigenvalue weighted by Crippen LogP contribution is 2.17. The summed E-state index contributed by atoms with van der Waals surface area (Å²) in [6, 6.07) is 9.92. The van der Waals surface area contributed by atoms with Crippen LogP contribution in [0.5, 0.6) is 0 Å². The second kappa shape index (κ2) is 15.5. The van der Waals surface area contributed by atoms with Crippen molar-refractivity contribution in [3.63, 3.8) is 0 Å². The minimum atomic E-state index is -0.779. The zero-order valence-electron chi connectivity index (χ0n) is 17.7. The number of benzene rings is 1. The number of nitrogens with one attached hydrogen (secondary N) is 3. The Morgan fingerprint density at radius 1 is 1.25 bits per heavy atom. The molecule has 0 atom stereocenters. The molecule has 2 rings (SSSR count). The fraction of sp³-hybridized carbons (Fsp3) is 0.368. The molecule has 32 heavy (non-hydrogen) atoms. The molecule has 0 unspecified atom stereocenters. The Morgan fingerprint density at radius 3 is 2.53 bits per heavy atom. The first-order chi connectivity index (χ1) is 15.3. The first kappa shape index (κ1) is 26.8. The molecule has 1 aromatic heterocycles. The van der Waals surface area contributed by atoms with Crippen molar-refractivity contribution in [3.05, 3.63) is 61.6 Å². The maximum Gasteiger partial charge on any atom is 0.306 e. The third kappa shape index (κ3) is 12.4. The van der Waals surface area contributed by atoms with E-state index in [1.165, 1.54) is 31.1 Å². The molecule has 2 aromatic rings. The lowest BCUT2D eigenvalue weighted by molar-refractivity contribution is -0.485. The second-order valence-corrected chi connectivity index (χ2v) is 7.73. The molecule has 0 radical (unpaired) electrons. The number of halogens is 1. The van der Waals surface area contributed by atoms with Crippen LogP contribution in [-0.4, -0.2) is 48.6 Å². The van der Waals surface area contributed by atoms with Gasteiger partial charge in [0.25, 0.3) is 5.96 Å². The van der Waals surface area contributed by atoms with Crippen molar-refractivity contribution in [2.24, 2.45) is 5.10 Å². The lowest BCUT2D eigenvalue weighted by Gasteiger charge is -2.04. The smallest absolute Gasteiger partial charge is 0.306 e. The normalized spacial score (nSPS) is 10.4. The predicted octanol–water partition coefficient (Wildman–Crippen LogP) is 1.95. The molecule has 1 amide bonds. The number of amides is 1. The average Bonchev–Trinajstić information content (AvgIpc) is 3.21. The van der Waals surface area contributed by atoms with Crippen molar-refractivity contribution in [1.29, 1.82) is 0 Å². The van der Waals surface area contributed by atoms with Crippen molar-refractivity contribution in [1.82, 2.24) is 20.9 Å². The van der Waals surface area contributed by atoms with E-state index in [0.29, 0.717) is 17.6 Å². The van der Waals surface area contributed by atoms with Crippen LogP contribution in [0.25, 0.3) is 0 Å². The molecule has 1 heterocycles. The predicted molar refractivity (Wildman–Crippen MR) is 122 cm³/mol. The molecule has 0 saturated heterocycles. The molecule has 13 heteroatoms. The third-order valence-corrected chi connectivity index (χ3v) is 4.85. The molecule has 174 valence electrons. The fourth-order valence-corrected chi connectivity index (χ4v) is 3.11. The van der Waals surface area contributed by atoms with E-state index in [-0.39, 0.29) is 30.7 Å². The molecule has 11 nitrogen and oxygen atoms in total. The first-order valence-electron chi connectivity index (χ1n) is 9.46. The molecule has 1 aromatic carbocycles. The summed E-state index contributed by atoms with van der Waals surface area (Å²) in [5.74, 6) is -0.390. The van der Waals surface area contributed by atoms with Crippen LogP contribution in [0.15, 0.2) is 41.6 Å². The van der Waals surface area contributed by atoms with Crippen molar-refractivity contribution < 1.29 is 19.4 Å². The Hall–Kier alpha value is -3.25. The maximum absolute atomic E-state index is 11.3. The van der Waals surface area contributed by atoms with Crippen LogP contribution in [0, 0.1) is 10.1 Å². The zero-order chi connectivity index (χ0) is 23.8. The van der Waals surface area contributed by atoms with Crippen molar-refractivity contribution in [3.8, 4) is 0 Å². The molecule has 3 N–H and O–H groups in total. The van der Waals surface area contributed by atoms with E-state index in [0.717, 1.165) is 11.3 Å². The summed E-state index contributed by atoms with van der Waals surface area (Å²) in [5, 5.41) is 20.5. The summed E-state index contributed by atoms with van der Waals surface area (Å²) in [5.41, 5.74) is 1.18. The summed E-state index contributed by atoms with van der Waals surface area (Å²) >= 11 is 6.92. The number of aromatic nitrogens is 1. The summed E-state index contributed by atoms with van der Waals surface area (Å²) in [6.07, 6.45) is 2.71. The van der Waals surface area contributed by atoms with Crippen LogP contribution < -0.4 is 16.0 Å². The van der Waals surface area contributed by atoms with Crippen molar-refractivity contribution >= 4 is 40.8 Å². The monoisotopic (exact) mass is 484 g/mol. The minimum absolute atomic E-state index is 0.0875. The third-order valence-electron chi connectivity index (χ3n) is 3.74. The number of carbonyl (C=O) groups is 2. The van der Waals surface area contributed by atoms with Gasteiger partial charge in [-0.2, -0.15) is 0 Å². The van der Waals surface area contributed by atoms with E-state index in [2.05, 4.69) is 30.8 Å². The topological polar surface area (TPSA) is 148 Å². The van der Waals surface area contributed by atoms with Gasteiger partial charge in [-0.1, -0.05) is 41.9 Å². The van der Waals surface area contributed by atoms with Gasteiger partial charge in [-0.05, 0) is 12.0 Å². The minimum Gasteiger partial charge on any atom is -0.469 e. The van der Waals surface area contributed by atoms with Gasteiger partial charge in [0.2, 0.25) is 5.91 Å². The van der Waals surface area contributed by atoms with E-state index in [9.17, 15) is 19.7 Å². The summed E-state index contributed by atoms with van der Waals surface area (Å²) in [6.45, 7) is 0.974. The maximum atomic E-state index is 11.3. The lowest BCUT2D eigenvalue weighted by atomic mass is 10.1. The van der Waals surface area contributed by atoms with Crippen LogP contribution in [0.2, 0.25) is 4.47 Å². The number of hydrogen-bond acceptors (Lipinski definition) is 7. The number of ether oxygens (including phenoxy) is 1. The molecule has 0 aliphatic heterocycles.